The first kappa shape index (κ1) is 208. The SMILES string of the molecule is CC(C)CCCCCOP(=O)([O-])[O-].CC(C)CCCCCOP(=O)([O-])[O-].CC(C)CCCCCOP(=O)([O-])[O-].CC(C)CCCCCOP(=O)([O-])[O-].CC(C)CCCCCOP(=O)([O-])[O-].CC(C)CCCCCOP(=O)([O-])[O-].CC(C)CCCCCOP(=O)([O-])[O-].CC(C)CCCCCOP(=O)([O-])[O-].CC(C)CCCCCOP(=O)([O-])[O-].[NH4+].[NH4+].[NH4+].[NH4+].[NH4+].[NH4+].[NH4+].[NH4+].[NH4+].[NH4+].[NH4+].[NH4+].[NH4+].[NH4+].[NH4+].[NH4+].[NH4+].[NH4+]. The second-order valence-corrected chi connectivity index (χ2v) is 42.1. The van der Waals surface area contributed by atoms with Crippen LogP contribution in [0.15, 0.2) is 0 Å². The van der Waals surface area contributed by atoms with Crippen LogP contribution in [0.4, 0.5) is 0 Å². The van der Waals surface area contributed by atoms with Gasteiger partial charge in [0.2, 0.25) is 0 Å². The maximum atomic E-state index is 10.0. The lowest BCUT2D eigenvalue weighted by Gasteiger charge is -2.28. The van der Waals surface area contributed by atoms with Crippen molar-refractivity contribution in [3.63, 3.8) is 0 Å². The molecule has 0 unspecified atom stereocenters. The van der Waals surface area contributed by atoms with E-state index < -0.39 is 70.4 Å². The molecule has 0 aliphatic rings. The minimum atomic E-state index is -4.73. The van der Waals surface area contributed by atoms with Crippen molar-refractivity contribution in [2.24, 2.45) is 53.3 Å². The van der Waals surface area contributed by atoms with Crippen molar-refractivity contribution < 1.29 is 170 Å². The van der Waals surface area contributed by atoms with E-state index in [1.807, 2.05) is 0 Å². The van der Waals surface area contributed by atoms with E-state index in [4.69, 9.17) is 0 Å². The van der Waals surface area contributed by atoms with Crippen LogP contribution < -0.4 is 199 Å². The largest absolute Gasteiger partial charge is 0.790 e. The molecule has 0 aromatic rings. The molecule has 0 atom stereocenters. The van der Waals surface area contributed by atoms with Gasteiger partial charge < -0.3 is 281 Å². The fourth-order valence-electron chi connectivity index (χ4n) is 9.07. The molecule has 0 rings (SSSR count). The Labute approximate surface area is 815 Å². The third kappa shape index (κ3) is 288. The van der Waals surface area contributed by atoms with Crippen LogP contribution in [0.25, 0.3) is 0 Å². The fraction of sp³-hybridized carbons (Fsp3) is 1.00. The number of phosphoric ester groups is 9. The zero-order valence-electron chi connectivity index (χ0n) is 91.7. The Balaban J connectivity index is -0.0000000382. The van der Waals surface area contributed by atoms with Crippen molar-refractivity contribution in [1.82, 2.24) is 111 Å². The summed E-state index contributed by atoms with van der Waals surface area (Å²) in [5.74, 6) is 6.05. The number of rotatable bonds is 63. The van der Waals surface area contributed by atoms with Crippen molar-refractivity contribution in [2.45, 2.75) is 356 Å². The van der Waals surface area contributed by atoms with Crippen molar-refractivity contribution in [1.29, 1.82) is 0 Å². The van der Waals surface area contributed by atoms with E-state index in [2.05, 4.69) is 165 Å². The summed E-state index contributed by atoms with van der Waals surface area (Å²) in [5, 5.41) is 0. The molecule has 0 heterocycles. The van der Waals surface area contributed by atoms with Crippen LogP contribution in [0.5, 0.6) is 0 Å². The molecule has 0 saturated heterocycles. The van der Waals surface area contributed by atoms with E-state index >= 15 is 0 Å². The Morgan fingerprint density at radius 1 is 0.126 bits per heavy atom. The van der Waals surface area contributed by atoms with Gasteiger partial charge in [-0.25, -0.2) is 0 Å². The van der Waals surface area contributed by atoms with Gasteiger partial charge in [-0.2, -0.15) is 0 Å². The van der Waals surface area contributed by atoms with Crippen LogP contribution in [-0.2, 0) is 81.8 Å². The molecule has 0 aliphatic carbocycles. The minimum absolute atomic E-state index is 0. The molecule has 135 heavy (non-hydrogen) atoms. The third-order valence-corrected chi connectivity index (χ3v) is 19.6. The van der Waals surface area contributed by atoms with Crippen molar-refractivity contribution in [2.75, 3.05) is 59.5 Å². The zero-order valence-corrected chi connectivity index (χ0v) is 99.8. The Morgan fingerprint density at radius 3 is 0.230 bits per heavy atom. The number of hydrogen-bond donors (Lipinski definition) is 18. The molecule has 63 heteroatoms. The average Bonchev–Trinajstić information content (AvgIpc) is 1.03. The highest BCUT2D eigenvalue weighted by molar-refractivity contribution is 7.45. The normalized spacial score (nSPS) is 10.7. The summed E-state index contributed by atoms with van der Waals surface area (Å²) in [5.41, 5.74) is 0. The quantitative estimate of drug-likeness (QED) is 0.0199. The second kappa shape index (κ2) is 130. The Bertz CT molecular complexity index is 2090. The van der Waals surface area contributed by atoms with Crippen LogP contribution in [0.1, 0.15) is 356 Å². The van der Waals surface area contributed by atoms with Gasteiger partial charge in [0.1, 0.15) is 0 Å². The van der Waals surface area contributed by atoms with Crippen molar-refractivity contribution >= 4 is 70.4 Å². The van der Waals surface area contributed by atoms with Crippen LogP contribution in [-0.4, -0.2) is 59.5 Å². The highest BCUT2D eigenvalue weighted by Crippen LogP contribution is 2.31. The maximum absolute atomic E-state index is 10.0. The number of hydrogen-bond acceptors (Lipinski definition) is 36. The maximum Gasteiger partial charge on any atom is 0.0596 e. The first-order chi connectivity index (χ1) is 53.2. The monoisotopic (exact) mass is 2200 g/mol. The highest BCUT2D eigenvalue weighted by atomic mass is 31.2. The molecule has 0 fully saturated rings. The number of quaternary nitrogens is 18. The molecule has 0 bridgehead atoms. The van der Waals surface area contributed by atoms with E-state index in [0.717, 1.165) is 173 Å². The van der Waals surface area contributed by atoms with Crippen molar-refractivity contribution in [3.05, 3.63) is 0 Å². The van der Waals surface area contributed by atoms with Crippen molar-refractivity contribution in [3.8, 4) is 0 Å². The van der Waals surface area contributed by atoms with Crippen LogP contribution >= 0.6 is 70.4 Å². The summed E-state index contributed by atoms with van der Waals surface area (Å²) >= 11 is 0. The Kier molecular flexibility index (Phi) is 201. The van der Waals surface area contributed by atoms with E-state index in [-0.39, 0.29) is 170 Å². The molecular weight excluding hydrogens is 1970 g/mol. The van der Waals surface area contributed by atoms with Crippen LogP contribution in [0.2, 0.25) is 0 Å². The minimum Gasteiger partial charge on any atom is -0.790 e. The molecule has 0 aromatic heterocycles. The lowest BCUT2D eigenvalue weighted by atomic mass is 10.1. The molecule has 0 saturated carbocycles. The van der Waals surface area contributed by atoms with Crippen LogP contribution in [0, 0.1) is 53.3 Å². The molecule has 0 radical (unpaired) electrons. The summed E-state index contributed by atoms with van der Waals surface area (Å²) in [6.07, 6.45) is 33.7. The molecule has 864 valence electrons. The summed E-state index contributed by atoms with van der Waals surface area (Å²) in [7, 11) is -42.6. The van der Waals surface area contributed by atoms with E-state index in [1.54, 1.807) is 0 Å². The smallest absolute Gasteiger partial charge is 0.0596 e. The van der Waals surface area contributed by atoms with Gasteiger partial charge in [0.05, 0.1) is 130 Å². The van der Waals surface area contributed by atoms with Gasteiger partial charge in [0.25, 0.3) is 0 Å². The fourth-order valence-corrected chi connectivity index (χ4v) is 12.2. The predicted octanol–water partition coefficient (Wildman–Crippen LogP) is 16.2. The summed E-state index contributed by atoms with van der Waals surface area (Å²) in [6.45, 7) is 38.8. The molecule has 0 aromatic carbocycles. The molecule has 72 N–H and O–H groups in total. The predicted molar refractivity (Wildman–Crippen MR) is 530 cm³/mol. The average molecular weight is 2200 g/mol. The Hall–Kier alpha value is 0.270. The lowest BCUT2D eigenvalue weighted by Crippen LogP contribution is -2.16. The van der Waals surface area contributed by atoms with Gasteiger partial charge >= 0.3 is 0 Å². The first-order valence-corrected chi connectivity index (χ1v) is 54.4. The van der Waals surface area contributed by atoms with Crippen LogP contribution in [0.3, 0.4) is 0 Å². The first-order valence-electron chi connectivity index (χ1n) is 41.2. The molecule has 54 nitrogen and oxygen atoms in total. The van der Waals surface area contributed by atoms with Gasteiger partial charge in [-0.15, -0.1) is 0 Å². The van der Waals surface area contributed by atoms with Gasteiger partial charge in [0, 0.05) is 0 Å². The number of unbranched alkanes of at least 4 members (excludes halogenated alkanes) is 18. The molecule has 0 amide bonds. The van der Waals surface area contributed by atoms with Gasteiger partial charge in [-0.05, 0) is 111 Å². The van der Waals surface area contributed by atoms with Gasteiger partial charge in [-0.1, -0.05) is 298 Å². The van der Waals surface area contributed by atoms with Gasteiger partial charge in [0.15, 0.2) is 0 Å². The van der Waals surface area contributed by atoms with E-state index in [9.17, 15) is 129 Å². The lowest BCUT2D eigenvalue weighted by molar-refractivity contribution is -0.343. The summed E-state index contributed by atoms with van der Waals surface area (Å²) in [6, 6.07) is 0. The third-order valence-electron chi connectivity index (χ3n) is 15.1. The molecule has 0 spiro atoms. The zero-order chi connectivity index (χ0) is 92.9. The van der Waals surface area contributed by atoms with E-state index in [1.165, 1.54) is 0 Å². The summed E-state index contributed by atoms with van der Waals surface area (Å²) in [4.78, 5) is 180. The highest BCUT2D eigenvalue weighted by Gasteiger charge is 2.04. The standard InChI is InChI=1S/9C8H19O4P.18H3N/c9*1-8(2)6-4-3-5-7-12-13(9,10)11;;;;;;;;;;;;;;;;;;/h9*8H,3-7H2,1-2H3,(H2,9,10,11);18*1H3. The topological polar surface area (TPSA) is 1310 Å². The number of phosphoric acid groups is 9. The van der Waals surface area contributed by atoms with E-state index in [0.29, 0.717) is 111 Å². The Morgan fingerprint density at radius 2 is 0.185 bits per heavy atom. The molecular formula is C72H225N18O36P9. The molecule has 0 aliphatic heterocycles. The summed E-state index contributed by atoms with van der Waals surface area (Å²) < 4.78 is 127. The van der Waals surface area contributed by atoms with Gasteiger partial charge in [-0.3, -0.25) is 0 Å². The second-order valence-electron chi connectivity index (χ2n) is 31.7.